The summed E-state index contributed by atoms with van der Waals surface area (Å²) in [7, 11) is 3.27. The summed E-state index contributed by atoms with van der Waals surface area (Å²) in [6.45, 7) is 0. The summed E-state index contributed by atoms with van der Waals surface area (Å²) in [4.78, 5) is 27.9. The Morgan fingerprint density at radius 2 is 1.68 bits per heavy atom. The van der Waals surface area contributed by atoms with E-state index in [1.807, 2.05) is 48.5 Å². The normalized spacial score (nSPS) is 16.7. The Morgan fingerprint density at radius 3 is 2.36 bits per heavy atom. The van der Waals surface area contributed by atoms with E-state index in [2.05, 4.69) is 5.32 Å². The molecule has 1 atom stereocenters. The zero-order chi connectivity index (χ0) is 15.7. The number of carbonyl (C=O) groups is 2. The number of nitrogens with zero attached hydrogens (tertiary/aromatic N) is 2. The van der Waals surface area contributed by atoms with Crippen LogP contribution < -0.4 is 10.2 Å². The van der Waals surface area contributed by atoms with Gasteiger partial charge in [-0.3, -0.25) is 4.79 Å². The van der Waals surface area contributed by atoms with Crippen LogP contribution >= 0.6 is 0 Å². The third-order valence-corrected chi connectivity index (χ3v) is 3.62. The van der Waals surface area contributed by atoms with E-state index in [-0.39, 0.29) is 11.9 Å². The number of hydrogen-bond donors (Lipinski definition) is 1. The van der Waals surface area contributed by atoms with Gasteiger partial charge in [0, 0.05) is 14.1 Å². The van der Waals surface area contributed by atoms with Crippen molar-refractivity contribution in [3.63, 3.8) is 0 Å². The van der Waals surface area contributed by atoms with Crippen LogP contribution in [0.25, 0.3) is 0 Å². The smallest absolute Gasteiger partial charge is 0.330 e. The highest BCUT2D eigenvalue weighted by molar-refractivity contribution is 6.20. The molecule has 0 bridgehead atoms. The van der Waals surface area contributed by atoms with Gasteiger partial charge in [-0.1, -0.05) is 42.5 Å². The van der Waals surface area contributed by atoms with Crippen molar-refractivity contribution in [1.29, 1.82) is 0 Å². The summed E-state index contributed by atoms with van der Waals surface area (Å²) < 4.78 is 0. The van der Waals surface area contributed by atoms with Gasteiger partial charge in [0.1, 0.15) is 6.04 Å². The molecule has 1 aliphatic rings. The molecule has 112 valence electrons. The monoisotopic (exact) mass is 295 g/mol. The van der Waals surface area contributed by atoms with Crippen molar-refractivity contribution in [2.24, 2.45) is 0 Å². The molecule has 0 radical (unpaired) electrons. The Kier molecular flexibility index (Phi) is 3.55. The Hall–Kier alpha value is -2.82. The van der Waals surface area contributed by atoms with Gasteiger partial charge in [-0.25, -0.2) is 9.69 Å². The molecule has 2 aromatic rings. The fourth-order valence-corrected chi connectivity index (χ4v) is 2.52. The van der Waals surface area contributed by atoms with Crippen molar-refractivity contribution >= 4 is 23.3 Å². The lowest BCUT2D eigenvalue weighted by Crippen LogP contribution is -2.49. The van der Waals surface area contributed by atoms with Crippen LogP contribution in [0.1, 0.15) is 11.6 Å². The van der Waals surface area contributed by atoms with E-state index in [1.165, 1.54) is 9.80 Å². The Bertz CT molecular complexity index is 713. The van der Waals surface area contributed by atoms with Crippen LogP contribution in [0.4, 0.5) is 16.2 Å². The van der Waals surface area contributed by atoms with E-state index < -0.39 is 6.04 Å². The quantitative estimate of drug-likeness (QED) is 0.880. The van der Waals surface area contributed by atoms with Crippen molar-refractivity contribution in [1.82, 2.24) is 4.90 Å². The number of carbonyl (C=O) groups excluding carboxylic acids is 2. The van der Waals surface area contributed by atoms with Gasteiger partial charge in [-0.05, 0) is 17.7 Å². The number of anilines is 2. The third kappa shape index (κ3) is 2.30. The fourth-order valence-electron chi connectivity index (χ4n) is 2.52. The zero-order valence-electron chi connectivity index (χ0n) is 12.5. The number of nitrogens with one attached hydrogen (secondary N) is 1. The van der Waals surface area contributed by atoms with Crippen molar-refractivity contribution in [2.45, 2.75) is 6.04 Å². The molecular weight excluding hydrogens is 278 g/mol. The molecule has 0 saturated carbocycles. The number of benzene rings is 2. The molecule has 1 unspecified atom stereocenters. The van der Waals surface area contributed by atoms with Crippen molar-refractivity contribution in [3.8, 4) is 0 Å². The van der Waals surface area contributed by atoms with Gasteiger partial charge in [0.25, 0.3) is 5.91 Å². The van der Waals surface area contributed by atoms with Crippen molar-refractivity contribution in [3.05, 3.63) is 60.2 Å². The van der Waals surface area contributed by atoms with Gasteiger partial charge in [0.05, 0.1) is 11.4 Å². The van der Waals surface area contributed by atoms with E-state index in [0.717, 1.165) is 11.3 Å². The van der Waals surface area contributed by atoms with E-state index in [9.17, 15) is 9.59 Å². The van der Waals surface area contributed by atoms with Crippen LogP contribution in [-0.4, -0.2) is 30.9 Å². The summed E-state index contributed by atoms with van der Waals surface area (Å²) in [6, 6.07) is 15.8. The number of para-hydroxylation sites is 2. The van der Waals surface area contributed by atoms with Gasteiger partial charge in [0.2, 0.25) is 0 Å². The van der Waals surface area contributed by atoms with E-state index in [4.69, 9.17) is 0 Å². The van der Waals surface area contributed by atoms with Crippen LogP contribution in [0, 0.1) is 0 Å². The van der Waals surface area contributed by atoms with E-state index >= 15 is 0 Å². The molecule has 1 heterocycles. The standard InChI is InChI=1S/C17H17N3O2/c1-19(2)17(22)20-14-11-7-6-10-13(14)18-15(16(20)21)12-8-4-3-5-9-12/h3-11,15,18H,1-2H3. The number of hydrogen-bond acceptors (Lipinski definition) is 3. The SMILES string of the molecule is CN(C)C(=O)N1C(=O)C(c2ccccc2)Nc2ccccc21. The number of imide groups is 1. The molecule has 5 heteroatoms. The van der Waals surface area contributed by atoms with Gasteiger partial charge < -0.3 is 10.2 Å². The second-order valence-electron chi connectivity index (χ2n) is 5.36. The summed E-state index contributed by atoms with van der Waals surface area (Å²) >= 11 is 0. The molecular formula is C17H17N3O2. The van der Waals surface area contributed by atoms with Crippen molar-refractivity contribution in [2.75, 3.05) is 24.3 Å². The topological polar surface area (TPSA) is 52.7 Å². The predicted molar refractivity (Wildman–Crippen MR) is 85.8 cm³/mol. The van der Waals surface area contributed by atoms with Gasteiger partial charge in [-0.2, -0.15) is 0 Å². The molecule has 0 fully saturated rings. The summed E-state index contributed by atoms with van der Waals surface area (Å²) in [5.41, 5.74) is 2.18. The minimum absolute atomic E-state index is 0.274. The summed E-state index contributed by atoms with van der Waals surface area (Å²) in [5, 5.41) is 3.22. The summed E-state index contributed by atoms with van der Waals surface area (Å²) in [5.74, 6) is -0.274. The Labute approximate surface area is 129 Å². The third-order valence-electron chi connectivity index (χ3n) is 3.62. The second kappa shape index (κ2) is 5.52. The van der Waals surface area contributed by atoms with Crippen LogP contribution in [0.5, 0.6) is 0 Å². The molecule has 0 spiro atoms. The minimum atomic E-state index is -0.569. The minimum Gasteiger partial charge on any atom is -0.368 e. The zero-order valence-corrected chi connectivity index (χ0v) is 12.5. The average Bonchev–Trinajstić information content (AvgIpc) is 2.54. The molecule has 22 heavy (non-hydrogen) atoms. The molecule has 5 nitrogen and oxygen atoms in total. The first-order valence-electron chi connectivity index (χ1n) is 7.05. The van der Waals surface area contributed by atoms with Crippen LogP contribution in [0.15, 0.2) is 54.6 Å². The fraction of sp³-hybridized carbons (Fsp3) is 0.176. The van der Waals surface area contributed by atoms with Crippen LogP contribution in [0.3, 0.4) is 0 Å². The van der Waals surface area contributed by atoms with Crippen LogP contribution in [-0.2, 0) is 4.79 Å². The van der Waals surface area contributed by atoms with Gasteiger partial charge in [0.15, 0.2) is 0 Å². The van der Waals surface area contributed by atoms with E-state index in [0.29, 0.717) is 5.69 Å². The maximum Gasteiger partial charge on any atom is 0.330 e. The number of urea groups is 1. The van der Waals surface area contributed by atoms with Gasteiger partial charge in [-0.15, -0.1) is 0 Å². The highest BCUT2D eigenvalue weighted by atomic mass is 16.2. The maximum absolute atomic E-state index is 12.9. The highest BCUT2D eigenvalue weighted by Gasteiger charge is 2.37. The first-order chi connectivity index (χ1) is 10.6. The molecule has 0 saturated heterocycles. The molecule has 3 amide bonds. The van der Waals surface area contributed by atoms with Crippen molar-refractivity contribution < 1.29 is 9.59 Å². The highest BCUT2D eigenvalue weighted by Crippen LogP contribution is 2.36. The summed E-state index contributed by atoms with van der Waals surface area (Å²) in [6.07, 6.45) is 0. The lowest BCUT2D eigenvalue weighted by Gasteiger charge is -2.35. The molecule has 1 aliphatic heterocycles. The largest absolute Gasteiger partial charge is 0.368 e. The molecule has 0 aliphatic carbocycles. The molecule has 2 aromatic carbocycles. The predicted octanol–water partition coefficient (Wildman–Crippen LogP) is 2.87. The van der Waals surface area contributed by atoms with E-state index in [1.54, 1.807) is 20.2 Å². The Balaban J connectivity index is 2.09. The molecule has 1 N–H and O–H groups in total. The Morgan fingerprint density at radius 1 is 1.05 bits per heavy atom. The lowest BCUT2D eigenvalue weighted by atomic mass is 10.0. The van der Waals surface area contributed by atoms with Gasteiger partial charge >= 0.3 is 6.03 Å². The second-order valence-corrected chi connectivity index (χ2v) is 5.36. The first-order valence-corrected chi connectivity index (χ1v) is 7.05. The van der Waals surface area contributed by atoms with Crippen LogP contribution in [0.2, 0.25) is 0 Å². The number of fused-ring (bicyclic) bond motifs is 1. The lowest BCUT2D eigenvalue weighted by molar-refractivity contribution is -0.119. The maximum atomic E-state index is 12.9. The molecule has 0 aromatic heterocycles. The first kappa shape index (κ1) is 14.1. The number of rotatable bonds is 1. The number of amides is 3. The average molecular weight is 295 g/mol. The molecule has 3 rings (SSSR count).